The van der Waals surface area contributed by atoms with Gasteiger partial charge in [0.2, 0.25) is 5.91 Å². The number of carbonyl (C=O) groups excluding carboxylic acids is 1. The molecule has 1 atom stereocenters. The molecular weight excluding hydrogens is 384 g/mol. The molecule has 0 aliphatic carbocycles. The summed E-state index contributed by atoms with van der Waals surface area (Å²) in [6, 6.07) is 9.50. The zero-order valence-electron chi connectivity index (χ0n) is 19.8. The van der Waals surface area contributed by atoms with Crippen LogP contribution < -0.4 is 5.32 Å². The molecule has 2 aromatic rings. The van der Waals surface area contributed by atoms with Crippen molar-refractivity contribution in [3.8, 4) is 0 Å². The molecule has 1 amide bonds. The third-order valence-corrected chi connectivity index (χ3v) is 7.63. The summed E-state index contributed by atoms with van der Waals surface area (Å²) in [4.78, 5) is 22.5. The number of rotatable bonds is 6. The number of benzene rings is 1. The summed E-state index contributed by atoms with van der Waals surface area (Å²) in [6.45, 7) is 13.1. The second-order valence-electron chi connectivity index (χ2n) is 10.1. The molecule has 1 aromatic carbocycles. The first-order valence-corrected chi connectivity index (χ1v) is 12.3. The number of nitrogens with one attached hydrogen (secondary N) is 2. The van der Waals surface area contributed by atoms with E-state index in [1.807, 2.05) is 6.20 Å². The van der Waals surface area contributed by atoms with Crippen molar-refractivity contribution in [2.75, 3.05) is 26.2 Å². The van der Waals surface area contributed by atoms with Crippen LogP contribution in [0.25, 0.3) is 10.9 Å². The predicted octanol–water partition coefficient (Wildman–Crippen LogP) is 4.49. The van der Waals surface area contributed by atoms with Gasteiger partial charge in [0.15, 0.2) is 0 Å². The average Bonchev–Trinajstić information content (AvgIpc) is 3.23. The van der Waals surface area contributed by atoms with Crippen LogP contribution in [0, 0.1) is 5.92 Å². The average molecular weight is 425 g/mol. The molecule has 2 N–H and O–H groups in total. The standard InChI is InChI=1S/C26H40N4O/c1-19(2)26(30-14-6-5-7-15-30,22-8-9-24-21(18-22)10-13-27-24)25(31)28-23-11-16-29(17-12-23)20(3)4/h8-10,13,18-20,23,27H,5-7,11-12,14-17H2,1-4H3,(H,28,31). The summed E-state index contributed by atoms with van der Waals surface area (Å²) in [5.41, 5.74) is 1.64. The van der Waals surface area contributed by atoms with Gasteiger partial charge in [0.25, 0.3) is 0 Å². The smallest absolute Gasteiger partial charge is 0.245 e. The summed E-state index contributed by atoms with van der Waals surface area (Å²) in [6.07, 6.45) is 7.65. The maximum Gasteiger partial charge on any atom is 0.245 e. The van der Waals surface area contributed by atoms with Gasteiger partial charge >= 0.3 is 0 Å². The Morgan fingerprint density at radius 3 is 2.39 bits per heavy atom. The van der Waals surface area contributed by atoms with E-state index in [0.717, 1.165) is 50.1 Å². The van der Waals surface area contributed by atoms with Crippen LogP contribution in [0.1, 0.15) is 65.4 Å². The van der Waals surface area contributed by atoms with Crippen molar-refractivity contribution in [3.63, 3.8) is 0 Å². The highest BCUT2D eigenvalue weighted by Gasteiger charge is 2.49. The molecule has 1 aromatic heterocycles. The summed E-state index contributed by atoms with van der Waals surface area (Å²) in [5, 5.41) is 4.70. The van der Waals surface area contributed by atoms with Crippen LogP contribution in [-0.2, 0) is 10.3 Å². The lowest BCUT2D eigenvalue weighted by Crippen LogP contribution is -2.62. The number of hydrogen-bond donors (Lipinski definition) is 2. The van der Waals surface area contributed by atoms with E-state index in [-0.39, 0.29) is 17.9 Å². The first-order valence-electron chi connectivity index (χ1n) is 12.3. The molecule has 1 unspecified atom stereocenters. The lowest BCUT2D eigenvalue weighted by Gasteiger charge is -2.48. The fraction of sp³-hybridized carbons (Fsp3) is 0.654. The number of nitrogens with zero attached hydrogens (tertiary/aromatic N) is 2. The Kier molecular flexibility index (Phi) is 6.73. The molecule has 31 heavy (non-hydrogen) atoms. The molecule has 2 aliphatic rings. The summed E-state index contributed by atoms with van der Waals surface area (Å²) < 4.78 is 0. The van der Waals surface area contributed by atoms with Crippen molar-refractivity contribution < 1.29 is 4.79 Å². The van der Waals surface area contributed by atoms with Gasteiger partial charge in [0, 0.05) is 36.9 Å². The molecule has 5 nitrogen and oxygen atoms in total. The highest BCUT2D eigenvalue weighted by Crippen LogP contribution is 2.40. The zero-order valence-corrected chi connectivity index (χ0v) is 19.8. The number of fused-ring (bicyclic) bond motifs is 1. The highest BCUT2D eigenvalue weighted by molar-refractivity contribution is 5.90. The van der Waals surface area contributed by atoms with Gasteiger partial charge in [-0.25, -0.2) is 0 Å². The van der Waals surface area contributed by atoms with Gasteiger partial charge in [-0.3, -0.25) is 9.69 Å². The first-order chi connectivity index (χ1) is 14.9. The highest BCUT2D eigenvalue weighted by atomic mass is 16.2. The van der Waals surface area contributed by atoms with Crippen LogP contribution in [0.4, 0.5) is 0 Å². The number of H-pyrrole nitrogens is 1. The number of likely N-dealkylation sites (tertiary alicyclic amines) is 2. The molecule has 0 radical (unpaired) electrons. The molecule has 0 bridgehead atoms. The number of amides is 1. The second kappa shape index (κ2) is 9.33. The van der Waals surface area contributed by atoms with Crippen LogP contribution in [0.3, 0.4) is 0 Å². The van der Waals surface area contributed by atoms with Crippen LogP contribution in [0.5, 0.6) is 0 Å². The van der Waals surface area contributed by atoms with E-state index in [1.165, 1.54) is 24.6 Å². The van der Waals surface area contributed by atoms with Crippen LogP contribution >= 0.6 is 0 Å². The van der Waals surface area contributed by atoms with E-state index < -0.39 is 5.54 Å². The van der Waals surface area contributed by atoms with Crippen molar-refractivity contribution in [2.24, 2.45) is 5.92 Å². The van der Waals surface area contributed by atoms with Crippen LogP contribution in [-0.4, -0.2) is 59.0 Å². The molecule has 170 valence electrons. The lowest BCUT2D eigenvalue weighted by atomic mass is 9.75. The fourth-order valence-electron chi connectivity index (χ4n) is 5.81. The topological polar surface area (TPSA) is 51.4 Å². The van der Waals surface area contributed by atoms with E-state index in [1.54, 1.807) is 0 Å². The Morgan fingerprint density at radius 2 is 1.74 bits per heavy atom. The van der Waals surface area contributed by atoms with Gasteiger partial charge in [-0.15, -0.1) is 0 Å². The van der Waals surface area contributed by atoms with Gasteiger partial charge in [-0.1, -0.05) is 26.3 Å². The molecule has 4 rings (SSSR count). The molecule has 0 saturated carbocycles. The zero-order chi connectivity index (χ0) is 22.0. The fourth-order valence-corrected chi connectivity index (χ4v) is 5.81. The van der Waals surface area contributed by atoms with Gasteiger partial charge in [0.05, 0.1) is 0 Å². The Bertz CT molecular complexity index is 874. The second-order valence-corrected chi connectivity index (χ2v) is 10.1. The van der Waals surface area contributed by atoms with Gasteiger partial charge < -0.3 is 15.2 Å². The van der Waals surface area contributed by atoms with E-state index >= 15 is 0 Å². The maximum absolute atomic E-state index is 14.2. The maximum atomic E-state index is 14.2. The Labute approximate surface area is 187 Å². The van der Waals surface area contributed by atoms with Crippen molar-refractivity contribution >= 4 is 16.8 Å². The lowest BCUT2D eigenvalue weighted by molar-refractivity contribution is -0.140. The first kappa shape index (κ1) is 22.3. The minimum Gasteiger partial charge on any atom is -0.361 e. The Hall–Kier alpha value is -1.85. The predicted molar refractivity (Wildman–Crippen MR) is 128 cm³/mol. The summed E-state index contributed by atoms with van der Waals surface area (Å²) in [5.74, 6) is 0.375. The molecule has 5 heteroatoms. The van der Waals surface area contributed by atoms with Gasteiger partial charge in [-0.05, 0) is 87.7 Å². The SMILES string of the molecule is CC(C)N1CCC(NC(=O)C(c2ccc3[nH]ccc3c2)(C(C)C)N2CCCCC2)CC1. The molecule has 2 saturated heterocycles. The monoisotopic (exact) mass is 424 g/mol. The van der Waals surface area contributed by atoms with Crippen molar-refractivity contribution in [3.05, 3.63) is 36.0 Å². The Morgan fingerprint density at radius 1 is 1.03 bits per heavy atom. The van der Waals surface area contributed by atoms with Crippen molar-refractivity contribution in [2.45, 2.75) is 77.4 Å². The van der Waals surface area contributed by atoms with Crippen molar-refractivity contribution in [1.29, 1.82) is 0 Å². The molecule has 2 fully saturated rings. The van der Waals surface area contributed by atoms with E-state index in [4.69, 9.17) is 0 Å². The van der Waals surface area contributed by atoms with Gasteiger partial charge in [-0.2, -0.15) is 0 Å². The number of aromatic nitrogens is 1. The van der Waals surface area contributed by atoms with E-state index in [9.17, 15) is 4.79 Å². The third kappa shape index (κ3) is 4.27. The number of carbonyl (C=O) groups is 1. The largest absolute Gasteiger partial charge is 0.361 e. The van der Waals surface area contributed by atoms with E-state index in [0.29, 0.717) is 6.04 Å². The molecule has 3 heterocycles. The molecular formula is C26H40N4O. The minimum atomic E-state index is -0.624. The third-order valence-electron chi connectivity index (χ3n) is 7.63. The number of hydrogen-bond acceptors (Lipinski definition) is 3. The minimum absolute atomic E-state index is 0.178. The van der Waals surface area contributed by atoms with Crippen LogP contribution in [0.2, 0.25) is 0 Å². The Balaban J connectivity index is 1.66. The van der Waals surface area contributed by atoms with Crippen LogP contribution in [0.15, 0.2) is 30.5 Å². The van der Waals surface area contributed by atoms with E-state index in [2.05, 4.69) is 72.1 Å². The number of piperidine rings is 2. The normalized spacial score (nSPS) is 21.6. The quantitative estimate of drug-likeness (QED) is 0.718. The summed E-state index contributed by atoms with van der Waals surface area (Å²) in [7, 11) is 0. The molecule has 0 spiro atoms. The number of aromatic amines is 1. The summed E-state index contributed by atoms with van der Waals surface area (Å²) >= 11 is 0. The van der Waals surface area contributed by atoms with Gasteiger partial charge in [0.1, 0.15) is 5.54 Å². The molecule has 2 aliphatic heterocycles. The van der Waals surface area contributed by atoms with Crippen molar-refractivity contribution in [1.82, 2.24) is 20.1 Å².